The second-order valence-electron chi connectivity index (χ2n) is 5.95. The minimum absolute atomic E-state index is 0.0543. The van der Waals surface area contributed by atoms with E-state index in [2.05, 4.69) is 44.2 Å². The molecule has 0 spiro atoms. The van der Waals surface area contributed by atoms with Crippen LogP contribution in [-0.2, 0) is 11.3 Å². The molecule has 0 aromatic carbocycles. The predicted octanol–water partition coefficient (Wildman–Crippen LogP) is 3.23. The van der Waals surface area contributed by atoms with Gasteiger partial charge in [0.2, 0.25) is 0 Å². The van der Waals surface area contributed by atoms with Crippen molar-refractivity contribution in [3.63, 3.8) is 0 Å². The third kappa shape index (κ3) is 4.37. The molecule has 0 unspecified atom stereocenters. The first-order chi connectivity index (χ1) is 8.20. The molecule has 0 atom stereocenters. The monoisotopic (exact) mass is 270 g/mol. The third-order valence-electron chi connectivity index (χ3n) is 2.40. The van der Waals surface area contributed by atoms with Gasteiger partial charge < -0.3 is 9.67 Å². The average Bonchev–Trinajstić information content (AvgIpc) is 2.55. The van der Waals surface area contributed by atoms with E-state index in [1.807, 2.05) is 6.20 Å². The Hall–Kier alpha value is -0.970. The number of rotatable bonds is 5. The van der Waals surface area contributed by atoms with Gasteiger partial charge in [0.1, 0.15) is 0 Å². The van der Waals surface area contributed by atoms with Crippen molar-refractivity contribution in [2.75, 3.05) is 5.75 Å². The molecule has 0 bridgehead atoms. The normalized spacial score (nSPS) is 12.1. The summed E-state index contributed by atoms with van der Waals surface area (Å²) in [7, 11) is 0. The van der Waals surface area contributed by atoms with Crippen LogP contribution in [0, 0.1) is 5.41 Å². The molecule has 4 nitrogen and oxygen atoms in total. The Kier molecular flexibility index (Phi) is 4.85. The molecule has 18 heavy (non-hydrogen) atoms. The first-order valence-electron chi connectivity index (χ1n) is 6.10. The lowest BCUT2D eigenvalue weighted by atomic mass is 9.96. The fraction of sp³-hybridized carbons (Fsp3) is 0.692. The Labute approximate surface area is 113 Å². The zero-order chi connectivity index (χ0) is 13.9. The molecule has 0 radical (unpaired) electrons. The second kappa shape index (κ2) is 5.78. The van der Waals surface area contributed by atoms with Gasteiger partial charge in [0, 0.05) is 18.4 Å². The number of carbonyl (C=O) groups is 1. The maximum atomic E-state index is 10.7. The van der Waals surface area contributed by atoms with Crippen molar-refractivity contribution >= 4 is 17.7 Å². The highest BCUT2D eigenvalue weighted by Crippen LogP contribution is 2.27. The van der Waals surface area contributed by atoms with Crippen LogP contribution in [0.2, 0.25) is 0 Å². The molecule has 5 heteroatoms. The molecule has 0 fully saturated rings. The van der Waals surface area contributed by atoms with Crippen molar-refractivity contribution in [3.05, 3.63) is 11.9 Å². The van der Waals surface area contributed by atoms with E-state index in [9.17, 15) is 4.79 Å². The summed E-state index contributed by atoms with van der Waals surface area (Å²) in [5.41, 5.74) is 1.31. The standard InChI is InChI=1S/C13H22N2O2S/c1-9(2)10-6-14-12(18-7-11(16)17)15(10)8-13(3,4)5/h6,9H,7-8H2,1-5H3,(H,16,17). The molecule has 1 N–H and O–H groups in total. The van der Waals surface area contributed by atoms with Crippen LogP contribution in [0.15, 0.2) is 11.4 Å². The van der Waals surface area contributed by atoms with E-state index in [1.165, 1.54) is 11.8 Å². The summed E-state index contributed by atoms with van der Waals surface area (Å²) in [6, 6.07) is 0. The largest absolute Gasteiger partial charge is 0.481 e. The molecular weight excluding hydrogens is 248 g/mol. The Morgan fingerprint density at radius 2 is 2.11 bits per heavy atom. The molecule has 1 heterocycles. The van der Waals surface area contributed by atoms with Gasteiger partial charge in [-0.1, -0.05) is 46.4 Å². The molecule has 0 saturated heterocycles. The molecule has 0 aliphatic rings. The van der Waals surface area contributed by atoms with Crippen LogP contribution in [0.25, 0.3) is 0 Å². The lowest BCUT2D eigenvalue weighted by Crippen LogP contribution is -2.18. The van der Waals surface area contributed by atoms with Crippen molar-refractivity contribution in [1.82, 2.24) is 9.55 Å². The van der Waals surface area contributed by atoms with Gasteiger partial charge >= 0.3 is 5.97 Å². The van der Waals surface area contributed by atoms with Gasteiger partial charge in [0.05, 0.1) is 5.75 Å². The summed E-state index contributed by atoms with van der Waals surface area (Å²) in [4.78, 5) is 15.0. The van der Waals surface area contributed by atoms with E-state index < -0.39 is 5.97 Å². The number of aliphatic carboxylic acids is 1. The van der Waals surface area contributed by atoms with Crippen LogP contribution in [0.4, 0.5) is 0 Å². The number of hydrogen-bond acceptors (Lipinski definition) is 3. The van der Waals surface area contributed by atoms with Crippen LogP contribution < -0.4 is 0 Å². The molecule has 0 saturated carbocycles. The summed E-state index contributed by atoms with van der Waals surface area (Å²) in [5, 5.41) is 9.56. The van der Waals surface area contributed by atoms with E-state index in [4.69, 9.17) is 5.11 Å². The fourth-order valence-corrected chi connectivity index (χ4v) is 2.41. The van der Waals surface area contributed by atoms with Gasteiger partial charge in [0.15, 0.2) is 5.16 Å². The number of carboxylic acid groups (broad SMARTS) is 1. The third-order valence-corrected chi connectivity index (χ3v) is 3.37. The van der Waals surface area contributed by atoms with Gasteiger partial charge in [-0.3, -0.25) is 4.79 Å². The first-order valence-corrected chi connectivity index (χ1v) is 7.09. The van der Waals surface area contributed by atoms with Gasteiger partial charge in [-0.25, -0.2) is 4.98 Å². The molecule has 0 aliphatic heterocycles. The molecule has 0 aliphatic carbocycles. The van der Waals surface area contributed by atoms with Crippen LogP contribution in [-0.4, -0.2) is 26.4 Å². The van der Waals surface area contributed by atoms with Crippen molar-refractivity contribution in [2.45, 2.75) is 52.2 Å². The molecule has 102 valence electrons. The van der Waals surface area contributed by atoms with E-state index in [-0.39, 0.29) is 11.2 Å². The summed E-state index contributed by atoms with van der Waals surface area (Å²) in [6.45, 7) is 11.6. The van der Waals surface area contributed by atoms with Crippen LogP contribution in [0.3, 0.4) is 0 Å². The summed E-state index contributed by atoms with van der Waals surface area (Å²) < 4.78 is 2.15. The molecule has 0 amide bonds. The van der Waals surface area contributed by atoms with Gasteiger partial charge in [0.25, 0.3) is 0 Å². The molecule has 1 rings (SSSR count). The van der Waals surface area contributed by atoms with Gasteiger partial charge in [-0.15, -0.1) is 0 Å². The Morgan fingerprint density at radius 1 is 1.50 bits per heavy atom. The van der Waals surface area contributed by atoms with Crippen molar-refractivity contribution in [3.8, 4) is 0 Å². The topological polar surface area (TPSA) is 55.1 Å². The van der Waals surface area contributed by atoms with Crippen molar-refractivity contribution < 1.29 is 9.90 Å². The number of hydrogen-bond donors (Lipinski definition) is 1. The molecule has 1 aromatic rings. The fourth-order valence-electron chi connectivity index (χ4n) is 1.71. The Balaban J connectivity index is 2.99. The summed E-state index contributed by atoms with van der Waals surface area (Å²) >= 11 is 1.29. The van der Waals surface area contributed by atoms with Crippen LogP contribution in [0.5, 0.6) is 0 Å². The Morgan fingerprint density at radius 3 is 2.56 bits per heavy atom. The maximum Gasteiger partial charge on any atom is 0.313 e. The second-order valence-corrected chi connectivity index (χ2v) is 6.89. The minimum Gasteiger partial charge on any atom is -0.481 e. The van der Waals surface area contributed by atoms with Gasteiger partial charge in [-0.05, 0) is 11.3 Å². The quantitative estimate of drug-likeness (QED) is 0.835. The predicted molar refractivity (Wildman–Crippen MR) is 74.1 cm³/mol. The number of aromatic nitrogens is 2. The van der Waals surface area contributed by atoms with E-state index in [1.54, 1.807) is 0 Å². The Bertz CT molecular complexity index is 419. The highest BCUT2D eigenvalue weighted by Gasteiger charge is 2.19. The number of carboxylic acids is 1. The van der Waals surface area contributed by atoms with Crippen LogP contribution in [0.1, 0.15) is 46.2 Å². The lowest BCUT2D eigenvalue weighted by molar-refractivity contribution is -0.133. The van der Waals surface area contributed by atoms with E-state index >= 15 is 0 Å². The SMILES string of the molecule is CC(C)c1cnc(SCC(=O)O)n1CC(C)(C)C. The summed E-state index contributed by atoms with van der Waals surface area (Å²) in [6.07, 6.45) is 1.86. The maximum absolute atomic E-state index is 10.7. The van der Waals surface area contributed by atoms with Crippen LogP contribution >= 0.6 is 11.8 Å². The van der Waals surface area contributed by atoms with Crippen molar-refractivity contribution in [2.24, 2.45) is 5.41 Å². The number of nitrogens with zero attached hydrogens (tertiary/aromatic N) is 2. The van der Waals surface area contributed by atoms with E-state index in [0.29, 0.717) is 5.92 Å². The zero-order valence-corrected chi connectivity index (χ0v) is 12.5. The smallest absolute Gasteiger partial charge is 0.313 e. The number of thioether (sulfide) groups is 1. The lowest BCUT2D eigenvalue weighted by Gasteiger charge is -2.23. The van der Waals surface area contributed by atoms with Crippen molar-refractivity contribution in [1.29, 1.82) is 0 Å². The van der Waals surface area contributed by atoms with E-state index in [0.717, 1.165) is 17.4 Å². The molecular formula is C13H22N2O2S. The highest BCUT2D eigenvalue weighted by atomic mass is 32.2. The summed E-state index contributed by atoms with van der Waals surface area (Å²) in [5.74, 6) is -0.367. The first kappa shape index (κ1) is 15.1. The number of imidazole rings is 1. The minimum atomic E-state index is -0.809. The highest BCUT2D eigenvalue weighted by molar-refractivity contribution is 7.99. The average molecular weight is 270 g/mol. The molecule has 1 aromatic heterocycles. The van der Waals surface area contributed by atoms with Gasteiger partial charge in [-0.2, -0.15) is 0 Å². The zero-order valence-electron chi connectivity index (χ0n) is 11.7.